The lowest BCUT2D eigenvalue weighted by Crippen LogP contribution is -2.34. The molecule has 0 amide bonds. The van der Waals surface area contributed by atoms with Crippen molar-refractivity contribution >= 4 is 11.3 Å². The second-order valence-corrected chi connectivity index (χ2v) is 3.84. The molecule has 0 aliphatic carbocycles. The van der Waals surface area contributed by atoms with Crippen molar-refractivity contribution in [1.82, 2.24) is 5.32 Å². The first-order chi connectivity index (χ1) is 5.88. The number of nitrogens with one attached hydrogen (secondary N) is 1. The topological polar surface area (TPSA) is 21.3 Å². The van der Waals surface area contributed by atoms with E-state index in [2.05, 4.69) is 23.0 Å². The van der Waals surface area contributed by atoms with E-state index < -0.39 is 0 Å². The number of hydrogen-bond donors (Lipinski definition) is 1. The molecule has 2 heterocycles. The van der Waals surface area contributed by atoms with Crippen molar-refractivity contribution in [3.05, 3.63) is 21.9 Å². The molecule has 1 saturated heterocycles. The van der Waals surface area contributed by atoms with Crippen molar-refractivity contribution < 1.29 is 4.74 Å². The van der Waals surface area contributed by atoms with Crippen LogP contribution in [0.4, 0.5) is 0 Å². The van der Waals surface area contributed by atoms with Crippen molar-refractivity contribution in [3.63, 3.8) is 0 Å². The quantitative estimate of drug-likeness (QED) is 0.715. The predicted octanol–water partition coefficient (Wildman–Crippen LogP) is 1.72. The SMILES string of the molecule is Cc1cscc1C1COCCN1. The number of hydrogen-bond acceptors (Lipinski definition) is 3. The molecule has 0 bridgehead atoms. The molecule has 1 aliphatic rings. The van der Waals surface area contributed by atoms with E-state index in [-0.39, 0.29) is 0 Å². The number of aryl methyl sites for hydroxylation is 1. The largest absolute Gasteiger partial charge is 0.378 e. The van der Waals surface area contributed by atoms with E-state index in [1.54, 1.807) is 11.3 Å². The standard InChI is InChI=1S/C9H13NOS/c1-7-5-12-6-8(7)9-4-11-3-2-10-9/h5-6,9-10H,2-4H2,1H3. The molecule has 1 unspecified atom stereocenters. The van der Waals surface area contributed by atoms with Gasteiger partial charge in [-0.15, -0.1) is 0 Å². The van der Waals surface area contributed by atoms with Crippen LogP contribution in [0.3, 0.4) is 0 Å². The molecule has 1 aromatic heterocycles. The van der Waals surface area contributed by atoms with Gasteiger partial charge in [-0.1, -0.05) is 0 Å². The first-order valence-electron chi connectivity index (χ1n) is 4.22. The highest BCUT2D eigenvalue weighted by molar-refractivity contribution is 7.08. The molecule has 1 aliphatic heterocycles. The normalized spacial score (nSPS) is 24.2. The Morgan fingerprint density at radius 2 is 2.50 bits per heavy atom. The summed E-state index contributed by atoms with van der Waals surface area (Å²) in [5.41, 5.74) is 2.78. The third-order valence-corrected chi connectivity index (χ3v) is 3.07. The zero-order chi connectivity index (χ0) is 8.39. The molecule has 12 heavy (non-hydrogen) atoms. The molecule has 0 radical (unpaired) electrons. The molecule has 0 spiro atoms. The maximum atomic E-state index is 5.40. The lowest BCUT2D eigenvalue weighted by atomic mass is 10.1. The van der Waals surface area contributed by atoms with E-state index >= 15 is 0 Å². The van der Waals surface area contributed by atoms with Gasteiger partial charge in [0.25, 0.3) is 0 Å². The number of morpholine rings is 1. The molecular weight excluding hydrogens is 170 g/mol. The summed E-state index contributed by atoms with van der Waals surface area (Å²) in [4.78, 5) is 0. The first-order valence-corrected chi connectivity index (χ1v) is 5.16. The molecule has 66 valence electrons. The summed E-state index contributed by atoms with van der Waals surface area (Å²) in [6.45, 7) is 4.79. The highest BCUT2D eigenvalue weighted by Gasteiger charge is 2.16. The minimum absolute atomic E-state index is 0.421. The van der Waals surface area contributed by atoms with Gasteiger partial charge in [0.15, 0.2) is 0 Å². The third-order valence-electron chi connectivity index (χ3n) is 2.19. The van der Waals surface area contributed by atoms with Gasteiger partial charge in [-0.3, -0.25) is 0 Å². The predicted molar refractivity (Wildman–Crippen MR) is 50.6 cm³/mol. The molecule has 3 heteroatoms. The molecule has 0 aromatic carbocycles. The summed E-state index contributed by atoms with van der Waals surface area (Å²) in [5.74, 6) is 0. The van der Waals surface area contributed by atoms with E-state index in [0.29, 0.717) is 6.04 Å². The Morgan fingerprint density at radius 3 is 3.08 bits per heavy atom. The van der Waals surface area contributed by atoms with Gasteiger partial charge < -0.3 is 10.1 Å². The zero-order valence-electron chi connectivity index (χ0n) is 7.17. The van der Waals surface area contributed by atoms with Gasteiger partial charge in [-0.2, -0.15) is 11.3 Å². The van der Waals surface area contributed by atoms with Crippen LogP contribution in [-0.4, -0.2) is 19.8 Å². The maximum Gasteiger partial charge on any atom is 0.0662 e. The minimum atomic E-state index is 0.421. The Labute approximate surface area is 76.6 Å². The van der Waals surface area contributed by atoms with Gasteiger partial charge in [-0.05, 0) is 28.8 Å². The van der Waals surface area contributed by atoms with Gasteiger partial charge >= 0.3 is 0 Å². The summed E-state index contributed by atoms with van der Waals surface area (Å²) in [5, 5.41) is 7.84. The Bertz CT molecular complexity index is 253. The van der Waals surface area contributed by atoms with E-state index in [0.717, 1.165) is 19.8 Å². The molecule has 1 aromatic rings. The zero-order valence-corrected chi connectivity index (χ0v) is 7.99. The molecule has 1 N–H and O–H groups in total. The monoisotopic (exact) mass is 183 g/mol. The van der Waals surface area contributed by atoms with Crippen LogP contribution in [0.1, 0.15) is 17.2 Å². The minimum Gasteiger partial charge on any atom is -0.378 e. The van der Waals surface area contributed by atoms with Gasteiger partial charge in [0, 0.05) is 6.54 Å². The molecule has 1 atom stereocenters. The Hall–Kier alpha value is -0.380. The van der Waals surface area contributed by atoms with Crippen LogP contribution in [0.25, 0.3) is 0 Å². The van der Waals surface area contributed by atoms with Gasteiger partial charge in [-0.25, -0.2) is 0 Å². The van der Waals surface area contributed by atoms with Gasteiger partial charge in [0.2, 0.25) is 0 Å². The fourth-order valence-electron chi connectivity index (χ4n) is 1.49. The second-order valence-electron chi connectivity index (χ2n) is 3.09. The van der Waals surface area contributed by atoms with Crippen LogP contribution in [0.2, 0.25) is 0 Å². The van der Waals surface area contributed by atoms with Crippen LogP contribution in [0.15, 0.2) is 10.8 Å². The van der Waals surface area contributed by atoms with E-state index in [4.69, 9.17) is 4.74 Å². The average molecular weight is 183 g/mol. The van der Waals surface area contributed by atoms with Crippen LogP contribution < -0.4 is 5.32 Å². The van der Waals surface area contributed by atoms with E-state index in [1.807, 2.05) is 0 Å². The third kappa shape index (κ3) is 1.53. The van der Waals surface area contributed by atoms with E-state index in [9.17, 15) is 0 Å². The summed E-state index contributed by atoms with van der Waals surface area (Å²) in [6, 6.07) is 0.421. The van der Waals surface area contributed by atoms with Crippen molar-refractivity contribution in [3.8, 4) is 0 Å². The summed E-state index contributed by atoms with van der Waals surface area (Å²) < 4.78 is 5.40. The van der Waals surface area contributed by atoms with Crippen molar-refractivity contribution in [1.29, 1.82) is 0 Å². The molecule has 2 nitrogen and oxygen atoms in total. The van der Waals surface area contributed by atoms with Crippen LogP contribution >= 0.6 is 11.3 Å². The van der Waals surface area contributed by atoms with Crippen molar-refractivity contribution in [2.45, 2.75) is 13.0 Å². The molecular formula is C9H13NOS. The fraction of sp³-hybridized carbons (Fsp3) is 0.556. The Kier molecular flexibility index (Phi) is 2.44. The summed E-state index contributed by atoms with van der Waals surface area (Å²) in [6.07, 6.45) is 0. The van der Waals surface area contributed by atoms with Crippen molar-refractivity contribution in [2.24, 2.45) is 0 Å². The molecule has 1 fully saturated rings. The lowest BCUT2D eigenvalue weighted by molar-refractivity contribution is 0.0768. The maximum absolute atomic E-state index is 5.40. The second kappa shape index (κ2) is 3.56. The summed E-state index contributed by atoms with van der Waals surface area (Å²) in [7, 11) is 0. The van der Waals surface area contributed by atoms with Gasteiger partial charge in [0.05, 0.1) is 19.3 Å². The van der Waals surface area contributed by atoms with Gasteiger partial charge in [0.1, 0.15) is 0 Å². The first kappa shape index (κ1) is 8.23. The lowest BCUT2D eigenvalue weighted by Gasteiger charge is -2.23. The van der Waals surface area contributed by atoms with Crippen LogP contribution in [-0.2, 0) is 4.74 Å². The Balaban J connectivity index is 2.13. The Morgan fingerprint density at radius 1 is 1.58 bits per heavy atom. The molecule has 0 saturated carbocycles. The highest BCUT2D eigenvalue weighted by atomic mass is 32.1. The average Bonchev–Trinajstić information content (AvgIpc) is 2.53. The van der Waals surface area contributed by atoms with E-state index in [1.165, 1.54) is 11.1 Å². The van der Waals surface area contributed by atoms with Crippen LogP contribution in [0, 0.1) is 6.92 Å². The number of thiophene rings is 1. The van der Waals surface area contributed by atoms with Crippen LogP contribution in [0.5, 0.6) is 0 Å². The number of ether oxygens (including phenoxy) is 1. The smallest absolute Gasteiger partial charge is 0.0662 e. The number of rotatable bonds is 1. The fourth-order valence-corrected chi connectivity index (χ4v) is 2.40. The van der Waals surface area contributed by atoms with Crippen molar-refractivity contribution in [2.75, 3.05) is 19.8 Å². The summed E-state index contributed by atoms with van der Waals surface area (Å²) >= 11 is 1.76. The molecule has 2 rings (SSSR count). The highest BCUT2D eigenvalue weighted by Crippen LogP contribution is 2.22.